The van der Waals surface area contributed by atoms with Crippen LogP contribution in [-0.2, 0) is 9.84 Å². The average molecular weight is 296 g/mol. The standard InChI is InChI=1S/C13H16N2O4S/c1-15(5-6-20(2,17)18)13(16)12-8-9-7-10(14)3-4-11(9)19-12/h3-4,7-8H,5-6,14H2,1-2H3. The third-order valence-corrected chi connectivity index (χ3v) is 3.82. The lowest BCUT2D eigenvalue weighted by Crippen LogP contribution is -2.31. The molecular weight excluding hydrogens is 280 g/mol. The number of furan rings is 1. The van der Waals surface area contributed by atoms with E-state index in [0.717, 1.165) is 11.6 Å². The lowest BCUT2D eigenvalue weighted by molar-refractivity contribution is 0.0774. The van der Waals surface area contributed by atoms with E-state index >= 15 is 0 Å². The number of sulfone groups is 1. The number of benzene rings is 1. The highest BCUT2D eigenvalue weighted by Crippen LogP contribution is 2.22. The summed E-state index contributed by atoms with van der Waals surface area (Å²) in [4.78, 5) is 13.4. The number of nitrogen functional groups attached to an aromatic ring is 1. The Hall–Kier alpha value is -2.02. The maximum atomic E-state index is 12.1. The van der Waals surface area contributed by atoms with Crippen molar-refractivity contribution in [2.24, 2.45) is 0 Å². The fraction of sp³-hybridized carbons (Fsp3) is 0.308. The summed E-state index contributed by atoms with van der Waals surface area (Å²) < 4.78 is 27.6. The monoisotopic (exact) mass is 296 g/mol. The van der Waals surface area contributed by atoms with Gasteiger partial charge in [0.15, 0.2) is 5.76 Å². The second-order valence-corrected chi connectivity index (χ2v) is 7.02. The molecule has 1 aromatic carbocycles. The van der Waals surface area contributed by atoms with E-state index in [2.05, 4.69) is 0 Å². The molecule has 7 heteroatoms. The molecule has 2 rings (SSSR count). The third-order valence-electron chi connectivity index (χ3n) is 2.90. The van der Waals surface area contributed by atoms with Crippen molar-refractivity contribution in [3.05, 3.63) is 30.0 Å². The van der Waals surface area contributed by atoms with E-state index in [9.17, 15) is 13.2 Å². The molecule has 1 amide bonds. The number of carbonyl (C=O) groups excluding carboxylic acids is 1. The quantitative estimate of drug-likeness (QED) is 0.854. The predicted octanol–water partition coefficient (Wildman–Crippen LogP) is 1.13. The van der Waals surface area contributed by atoms with E-state index in [0.29, 0.717) is 11.3 Å². The minimum absolute atomic E-state index is 0.0809. The van der Waals surface area contributed by atoms with E-state index in [4.69, 9.17) is 10.2 Å². The SMILES string of the molecule is CN(CCS(C)(=O)=O)C(=O)c1cc2cc(N)ccc2o1. The first kappa shape index (κ1) is 14.4. The number of hydrogen-bond donors (Lipinski definition) is 1. The smallest absolute Gasteiger partial charge is 0.289 e. The lowest BCUT2D eigenvalue weighted by atomic mass is 10.2. The largest absolute Gasteiger partial charge is 0.451 e. The molecule has 0 aliphatic carbocycles. The fourth-order valence-corrected chi connectivity index (χ4v) is 2.37. The zero-order valence-corrected chi connectivity index (χ0v) is 12.1. The molecule has 2 N–H and O–H groups in total. The highest BCUT2D eigenvalue weighted by Gasteiger charge is 2.18. The van der Waals surface area contributed by atoms with E-state index < -0.39 is 9.84 Å². The Morgan fingerprint density at radius 3 is 2.70 bits per heavy atom. The molecule has 0 unspecified atom stereocenters. The molecule has 1 heterocycles. The van der Waals surface area contributed by atoms with Crippen LogP contribution in [0.1, 0.15) is 10.6 Å². The topological polar surface area (TPSA) is 93.6 Å². The Bertz CT molecular complexity index is 749. The summed E-state index contributed by atoms with van der Waals surface area (Å²) in [5.41, 5.74) is 6.82. The van der Waals surface area contributed by atoms with Gasteiger partial charge in [0.05, 0.1) is 5.75 Å². The highest BCUT2D eigenvalue weighted by molar-refractivity contribution is 7.90. The Labute approximate surface area is 117 Å². The first-order valence-corrected chi connectivity index (χ1v) is 8.04. The summed E-state index contributed by atoms with van der Waals surface area (Å²) in [6, 6.07) is 6.70. The van der Waals surface area contributed by atoms with Crippen molar-refractivity contribution >= 4 is 32.4 Å². The van der Waals surface area contributed by atoms with Crippen LogP contribution in [0, 0.1) is 0 Å². The lowest BCUT2D eigenvalue weighted by Gasteiger charge is -2.14. The van der Waals surface area contributed by atoms with Crippen LogP contribution in [0.5, 0.6) is 0 Å². The first-order valence-electron chi connectivity index (χ1n) is 5.98. The molecule has 2 aromatic rings. The van der Waals surface area contributed by atoms with Crippen LogP contribution < -0.4 is 5.73 Å². The minimum atomic E-state index is -3.11. The minimum Gasteiger partial charge on any atom is -0.451 e. The number of rotatable bonds is 4. The average Bonchev–Trinajstić information content (AvgIpc) is 2.76. The normalized spacial score (nSPS) is 11.7. The molecule has 1 aromatic heterocycles. The summed E-state index contributed by atoms with van der Waals surface area (Å²) in [6.45, 7) is 0.122. The molecule has 20 heavy (non-hydrogen) atoms. The van der Waals surface area contributed by atoms with Crippen molar-refractivity contribution in [2.45, 2.75) is 0 Å². The van der Waals surface area contributed by atoms with E-state index in [1.54, 1.807) is 24.3 Å². The second-order valence-electron chi connectivity index (χ2n) is 4.76. The van der Waals surface area contributed by atoms with Gasteiger partial charge in [0.2, 0.25) is 0 Å². The fourth-order valence-electron chi connectivity index (χ4n) is 1.76. The zero-order chi connectivity index (χ0) is 14.9. The molecule has 6 nitrogen and oxygen atoms in total. The van der Waals surface area contributed by atoms with Crippen LogP contribution in [0.25, 0.3) is 11.0 Å². The van der Waals surface area contributed by atoms with Gasteiger partial charge in [-0.3, -0.25) is 4.79 Å². The predicted molar refractivity (Wildman–Crippen MR) is 77.3 cm³/mol. The van der Waals surface area contributed by atoms with Crippen LogP contribution in [-0.4, -0.2) is 44.8 Å². The number of nitrogens with zero attached hydrogens (tertiary/aromatic N) is 1. The Balaban J connectivity index is 2.18. The van der Waals surface area contributed by atoms with Gasteiger partial charge >= 0.3 is 0 Å². The van der Waals surface area contributed by atoms with E-state index in [1.165, 1.54) is 11.9 Å². The Morgan fingerprint density at radius 1 is 1.35 bits per heavy atom. The highest BCUT2D eigenvalue weighted by atomic mass is 32.2. The molecule has 0 spiro atoms. The van der Waals surface area contributed by atoms with Gasteiger partial charge in [0.25, 0.3) is 5.91 Å². The summed E-state index contributed by atoms with van der Waals surface area (Å²) in [7, 11) is -1.57. The summed E-state index contributed by atoms with van der Waals surface area (Å²) in [5.74, 6) is -0.271. The molecular formula is C13H16N2O4S. The van der Waals surface area contributed by atoms with Crippen LogP contribution in [0.3, 0.4) is 0 Å². The van der Waals surface area contributed by atoms with Crippen molar-refractivity contribution in [1.82, 2.24) is 4.90 Å². The van der Waals surface area contributed by atoms with E-state index in [1.807, 2.05) is 0 Å². The molecule has 0 fully saturated rings. The first-order chi connectivity index (χ1) is 9.26. The molecule has 0 bridgehead atoms. The molecule has 0 aliphatic heterocycles. The van der Waals surface area contributed by atoms with Gasteiger partial charge in [-0.1, -0.05) is 0 Å². The molecule has 0 atom stereocenters. The Morgan fingerprint density at radius 2 is 2.05 bits per heavy atom. The van der Waals surface area contributed by atoms with Crippen LogP contribution >= 0.6 is 0 Å². The van der Waals surface area contributed by atoms with Crippen LogP contribution in [0.15, 0.2) is 28.7 Å². The Kier molecular flexibility index (Phi) is 3.71. The maximum Gasteiger partial charge on any atom is 0.289 e. The van der Waals surface area contributed by atoms with Gasteiger partial charge in [-0.25, -0.2) is 8.42 Å². The number of fused-ring (bicyclic) bond motifs is 1. The number of anilines is 1. The maximum absolute atomic E-state index is 12.1. The number of hydrogen-bond acceptors (Lipinski definition) is 5. The molecule has 0 saturated heterocycles. The summed E-state index contributed by atoms with van der Waals surface area (Å²) in [6.07, 6.45) is 1.13. The second kappa shape index (κ2) is 5.16. The van der Waals surface area contributed by atoms with Gasteiger partial charge in [-0.05, 0) is 24.3 Å². The van der Waals surface area contributed by atoms with Crippen molar-refractivity contribution in [3.63, 3.8) is 0 Å². The summed E-state index contributed by atoms with van der Waals surface area (Å²) >= 11 is 0. The zero-order valence-electron chi connectivity index (χ0n) is 11.3. The van der Waals surface area contributed by atoms with Crippen molar-refractivity contribution < 1.29 is 17.6 Å². The number of amides is 1. The van der Waals surface area contributed by atoms with Gasteiger partial charge in [-0.15, -0.1) is 0 Å². The molecule has 0 radical (unpaired) electrons. The van der Waals surface area contributed by atoms with E-state index in [-0.39, 0.29) is 24.0 Å². The van der Waals surface area contributed by atoms with Crippen molar-refractivity contribution in [2.75, 3.05) is 31.3 Å². The van der Waals surface area contributed by atoms with Crippen LogP contribution in [0.4, 0.5) is 5.69 Å². The van der Waals surface area contributed by atoms with Gasteiger partial charge < -0.3 is 15.1 Å². The van der Waals surface area contributed by atoms with Gasteiger partial charge in [-0.2, -0.15) is 0 Å². The van der Waals surface area contributed by atoms with Crippen molar-refractivity contribution in [3.8, 4) is 0 Å². The number of carbonyl (C=O) groups is 1. The van der Waals surface area contributed by atoms with Gasteiger partial charge in [0, 0.05) is 30.9 Å². The van der Waals surface area contributed by atoms with Crippen molar-refractivity contribution in [1.29, 1.82) is 0 Å². The molecule has 0 aliphatic rings. The number of nitrogens with two attached hydrogens (primary N) is 1. The molecule has 0 saturated carbocycles. The van der Waals surface area contributed by atoms with Crippen LogP contribution in [0.2, 0.25) is 0 Å². The molecule has 108 valence electrons. The third kappa shape index (κ3) is 3.30. The summed E-state index contributed by atoms with van der Waals surface area (Å²) in [5, 5.41) is 0.741. The van der Waals surface area contributed by atoms with Gasteiger partial charge in [0.1, 0.15) is 15.4 Å².